The standard InChI is InChI=1S/C11H18N2OS/c1-8-10(2-5-12)15-11(13-8)9-3-6-14-7-4-9/h9H,2-7,12H2,1H3. The second kappa shape index (κ2) is 5.05. The smallest absolute Gasteiger partial charge is 0.0963 e. The number of thiazole rings is 1. The molecule has 0 amide bonds. The van der Waals surface area contributed by atoms with Crippen molar-refractivity contribution in [2.24, 2.45) is 5.73 Å². The van der Waals surface area contributed by atoms with E-state index in [0.717, 1.165) is 39.0 Å². The summed E-state index contributed by atoms with van der Waals surface area (Å²) in [7, 11) is 0. The van der Waals surface area contributed by atoms with Crippen molar-refractivity contribution in [3.8, 4) is 0 Å². The predicted octanol–water partition coefficient (Wildman–Crippen LogP) is 1.85. The van der Waals surface area contributed by atoms with Gasteiger partial charge in [-0.25, -0.2) is 4.98 Å². The average molecular weight is 226 g/mol. The van der Waals surface area contributed by atoms with Gasteiger partial charge in [-0.2, -0.15) is 0 Å². The summed E-state index contributed by atoms with van der Waals surface area (Å²) in [5.41, 5.74) is 6.75. The molecule has 0 aliphatic carbocycles. The number of rotatable bonds is 3. The van der Waals surface area contributed by atoms with Crippen LogP contribution in [0.25, 0.3) is 0 Å². The lowest BCUT2D eigenvalue weighted by Gasteiger charge is -2.19. The SMILES string of the molecule is Cc1nc(C2CCOCC2)sc1CCN. The Morgan fingerprint density at radius 1 is 1.47 bits per heavy atom. The molecule has 0 radical (unpaired) electrons. The normalized spacial score (nSPS) is 18.3. The maximum Gasteiger partial charge on any atom is 0.0963 e. The van der Waals surface area contributed by atoms with Crippen LogP contribution >= 0.6 is 11.3 Å². The molecule has 2 heterocycles. The van der Waals surface area contributed by atoms with Crippen molar-refractivity contribution >= 4 is 11.3 Å². The molecular formula is C11H18N2OS. The van der Waals surface area contributed by atoms with Gasteiger partial charge in [0.15, 0.2) is 0 Å². The Morgan fingerprint density at radius 3 is 2.87 bits per heavy atom. The molecule has 1 aromatic rings. The van der Waals surface area contributed by atoms with E-state index in [1.807, 2.05) is 11.3 Å². The summed E-state index contributed by atoms with van der Waals surface area (Å²) in [6, 6.07) is 0. The van der Waals surface area contributed by atoms with Crippen molar-refractivity contribution in [1.29, 1.82) is 0 Å². The van der Waals surface area contributed by atoms with Gasteiger partial charge in [0, 0.05) is 24.0 Å². The minimum absolute atomic E-state index is 0.619. The highest BCUT2D eigenvalue weighted by Crippen LogP contribution is 2.31. The molecule has 2 rings (SSSR count). The van der Waals surface area contributed by atoms with Crippen molar-refractivity contribution in [3.05, 3.63) is 15.6 Å². The van der Waals surface area contributed by atoms with E-state index >= 15 is 0 Å². The largest absolute Gasteiger partial charge is 0.381 e. The lowest BCUT2D eigenvalue weighted by Crippen LogP contribution is -2.13. The summed E-state index contributed by atoms with van der Waals surface area (Å²) in [4.78, 5) is 6.02. The number of aromatic nitrogens is 1. The van der Waals surface area contributed by atoms with Gasteiger partial charge in [0.1, 0.15) is 0 Å². The molecule has 3 nitrogen and oxygen atoms in total. The van der Waals surface area contributed by atoms with Crippen LogP contribution in [0.2, 0.25) is 0 Å². The molecule has 1 aliphatic heterocycles. The third kappa shape index (κ3) is 2.56. The summed E-state index contributed by atoms with van der Waals surface area (Å²) in [5.74, 6) is 0.619. The van der Waals surface area contributed by atoms with Gasteiger partial charge in [-0.3, -0.25) is 0 Å². The maximum atomic E-state index is 5.58. The zero-order chi connectivity index (χ0) is 10.7. The van der Waals surface area contributed by atoms with Crippen LogP contribution < -0.4 is 5.73 Å². The minimum atomic E-state index is 0.619. The Morgan fingerprint density at radius 2 is 2.20 bits per heavy atom. The van der Waals surface area contributed by atoms with Gasteiger partial charge < -0.3 is 10.5 Å². The molecule has 0 saturated carbocycles. The summed E-state index contributed by atoms with van der Waals surface area (Å²) in [5, 5.41) is 1.29. The zero-order valence-electron chi connectivity index (χ0n) is 9.16. The molecule has 2 N–H and O–H groups in total. The second-order valence-electron chi connectivity index (χ2n) is 3.99. The highest BCUT2D eigenvalue weighted by molar-refractivity contribution is 7.11. The molecule has 0 atom stereocenters. The van der Waals surface area contributed by atoms with Gasteiger partial charge >= 0.3 is 0 Å². The summed E-state index contributed by atoms with van der Waals surface area (Å²) in [6.07, 6.45) is 3.21. The van der Waals surface area contributed by atoms with E-state index in [0.29, 0.717) is 5.92 Å². The first-order chi connectivity index (χ1) is 7.31. The van der Waals surface area contributed by atoms with Crippen LogP contribution in [0.15, 0.2) is 0 Å². The van der Waals surface area contributed by atoms with E-state index in [1.165, 1.54) is 15.6 Å². The fourth-order valence-electron chi connectivity index (χ4n) is 1.93. The zero-order valence-corrected chi connectivity index (χ0v) is 9.98. The Bertz CT molecular complexity index is 318. The summed E-state index contributed by atoms with van der Waals surface area (Å²) in [6.45, 7) is 4.58. The third-order valence-corrected chi connectivity index (χ3v) is 4.23. The summed E-state index contributed by atoms with van der Waals surface area (Å²) >= 11 is 1.84. The molecule has 84 valence electrons. The lowest BCUT2D eigenvalue weighted by molar-refractivity contribution is 0.0852. The van der Waals surface area contributed by atoms with Gasteiger partial charge in [-0.05, 0) is 32.7 Å². The Labute approximate surface area is 94.7 Å². The minimum Gasteiger partial charge on any atom is -0.381 e. The number of hydrogen-bond donors (Lipinski definition) is 1. The number of nitrogens with two attached hydrogens (primary N) is 1. The van der Waals surface area contributed by atoms with Gasteiger partial charge in [0.25, 0.3) is 0 Å². The molecule has 0 bridgehead atoms. The lowest BCUT2D eigenvalue weighted by atomic mass is 10.0. The highest BCUT2D eigenvalue weighted by atomic mass is 32.1. The van der Waals surface area contributed by atoms with E-state index in [2.05, 4.69) is 11.9 Å². The van der Waals surface area contributed by atoms with Crippen LogP contribution in [0.1, 0.15) is 34.3 Å². The van der Waals surface area contributed by atoms with Crippen molar-refractivity contribution in [3.63, 3.8) is 0 Å². The van der Waals surface area contributed by atoms with Crippen molar-refractivity contribution in [2.45, 2.75) is 32.1 Å². The molecule has 1 fully saturated rings. The first kappa shape index (κ1) is 11.0. The van der Waals surface area contributed by atoms with Gasteiger partial charge in [0.05, 0.1) is 10.7 Å². The van der Waals surface area contributed by atoms with E-state index in [9.17, 15) is 0 Å². The second-order valence-corrected chi connectivity index (χ2v) is 5.10. The van der Waals surface area contributed by atoms with E-state index in [-0.39, 0.29) is 0 Å². The van der Waals surface area contributed by atoms with Crippen LogP contribution in [0.5, 0.6) is 0 Å². The van der Waals surface area contributed by atoms with Gasteiger partial charge in [-0.15, -0.1) is 11.3 Å². The number of aryl methyl sites for hydroxylation is 1. The molecule has 0 unspecified atom stereocenters. The molecule has 4 heteroatoms. The molecular weight excluding hydrogens is 208 g/mol. The van der Waals surface area contributed by atoms with Crippen LogP contribution in [-0.2, 0) is 11.2 Å². The Kier molecular flexibility index (Phi) is 3.72. The Balaban J connectivity index is 2.10. The van der Waals surface area contributed by atoms with Gasteiger partial charge in [0.2, 0.25) is 0 Å². The highest BCUT2D eigenvalue weighted by Gasteiger charge is 2.20. The van der Waals surface area contributed by atoms with Crippen LogP contribution in [0.4, 0.5) is 0 Å². The predicted molar refractivity (Wildman–Crippen MR) is 62.4 cm³/mol. The molecule has 0 spiro atoms. The summed E-state index contributed by atoms with van der Waals surface area (Å²) < 4.78 is 5.36. The first-order valence-corrected chi connectivity index (χ1v) is 6.37. The molecule has 0 aromatic carbocycles. The average Bonchev–Trinajstić information content (AvgIpc) is 2.63. The van der Waals surface area contributed by atoms with Gasteiger partial charge in [-0.1, -0.05) is 0 Å². The van der Waals surface area contributed by atoms with Crippen molar-refractivity contribution in [2.75, 3.05) is 19.8 Å². The Hall–Kier alpha value is -0.450. The topological polar surface area (TPSA) is 48.1 Å². The fraction of sp³-hybridized carbons (Fsp3) is 0.727. The van der Waals surface area contributed by atoms with Crippen molar-refractivity contribution in [1.82, 2.24) is 4.98 Å². The third-order valence-electron chi connectivity index (χ3n) is 2.85. The fourth-order valence-corrected chi connectivity index (χ4v) is 3.18. The van der Waals surface area contributed by atoms with Crippen LogP contribution in [0, 0.1) is 6.92 Å². The van der Waals surface area contributed by atoms with E-state index < -0.39 is 0 Å². The molecule has 1 aromatic heterocycles. The maximum absolute atomic E-state index is 5.58. The molecule has 15 heavy (non-hydrogen) atoms. The number of nitrogens with zero attached hydrogens (tertiary/aromatic N) is 1. The first-order valence-electron chi connectivity index (χ1n) is 5.55. The number of ether oxygens (including phenoxy) is 1. The monoisotopic (exact) mass is 226 g/mol. The number of hydrogen-bond acceptors (Lipinski definition) is 4. The van der Waals surface area contributed by atoms with Crippen LogP contribution in [0.3, 0.4) is 0 Å². The quantitative estimate of drug-likeness (QED) is 0.855. The molecule has 1 saturated heterocycles. The van der Waals surface area contributed by atoms with Crippen molar-refractivity contribution < 1.29 is 4.74 Å². The molecule has 1 aliphatic rings. The van der Waals surface area contributed by atoms with E-state index in [4.69, 9.17) is 10.5 Å². The van der Waals surface area contributed by atoms with Crippen LogP contribution in [-0.4, -0.2) is 24.7 Å². The van der Waals surface area contributed by atoms with E-state index in [1.54, 1.807) is 0 Å².